The fourth-order valence-corrected chi connectivity index (χ4v) is 6.39. The monoisotopic (exact) mass is 432 g/mol. The summed E-state index contributed by atoms with van der Waals surface area (Å²) >= 11 is 0. The minimum Gasteiger partial charge on any atom is -0.508 e. The number of benzene rings is 2. The summed E-state index contributed by atoms with van der Waals surface area (Å²) < 4.78 is 6.59. The molecule has 2 N–H and O–H groups in total. The lowest BCUT2D eigenvalue weighted by Gasteiger charge is -2.39. The normalized spacial score (nSPS) is 31.8. The van der Waals surface area contributed by atoms with Crippen LogP contribution in [0.15, 0.2) is 48.5 Å². The van der Waals surface area contributed by atoms with Gasteiger partial charge in [0.2, 0.25) is 0 Å². The van der Waals surface area contributed by atoms with Gasteiger partial charge in [0.15, 0.2) is 0 Å². The molecular weight excluding hydrogens is 400 g/mol. The highest BCUT2D eigenvalue weighted by Gasteiger charge is 2.50. The lowest BCUT2D eigenvalue weighted by Crippen LogP contribution is -2.48. The lowest BCUT2D eigenvalue weighted by atomic mass is 9.69. The molecule has 0 aromatic heterocycles. The van der Waals surface area contributed by atoms with Crippen molar-refractivity contribution in [2.24, 2.45) is 5.92 Å². The largest absolute Gasteiger partial charge is 0.508 e. The van der Waals surface area contributed by atoms with Crippen LogP contribution in [-0.2, 0) is 16.6 Å². The third-order valence-corrected chi connectivity index (χ3v) is 8.17. The van der Waals surface area contributed by atoms with Crippen LogP contribution in [0.25, 0.3) is 0 Å². The van der Waals surface area contributed by atoms with E-state index in [1.807, 2.05) is 42.5 Å². The standard InChI is InChI=1S/C27H32N2O3/c30-22-9-8-20-12-24-25-15-27(23(20)13-22,10-11-29(24)16-18-6-7-18)14-21(17-32-25)28-26(31)19-4-2-1-3-5-19/h1-5,8-9,13,18,21,24-25,30H,6-7,10-12,14-17H2,(H,28,31)/t21?,24-,25?,27?/m1/s1. The first-order valence-corrected chi connectivity index (χ1v) is 12.1. The molecule has 3 unspecified atom stereocenters. The van der Waals surface area contributed by atoms with Gasteiger partial charge in [-0.05, 0) is 86.4 Å². The predicted octanol–water partition coefficient (Wildman–Crippen LogP) is 3.65. The highest BCUT2D eigenvalue weighted by atomic mass is 16.5. The third-order valence-electron chi connectivity index (χ3n) is 8.17. The maximum Gasteiger partial charge on any atom is 0.251 e. The topological polar surface area (TPSA) is 61.8 Å². The molecule has 32 heavy (non-hydrogen) atoms. The second-order valence-corrected chi connectivity index (χ2v) is 10.4. The molecule has 2 aliphatic heterocycles. The minimum absolute atomic E-state index is 0.0382. The molecule has 2 saturated heterocycles. The summed E-state index contributed by atoms with van der Waals surface area (Å²) in [6.07, 6.45) is 6.72. The van der Waals surface area contributed by atoms with Crippen LogP contribution in [0.1, 0.15) is 53.6 Å². The molecule has 0 spiro atoms. The first-order valence-electron chi connectivity index (χ1n) is 12.1. The Morgan fingerprint density at radius 3 is 2.81 bits per heavy atom. The van der Waals surface area contributed by atoms with Crippen LogP contribution in [0, 0.1) is 5.92 Å². The van der Waals surface area contributed by atoms with E-state index in [9.17, 15) is 9.90 Å². The SMILES string of the molecule is O=C(NC1COC2CC3(CCN(CC4CC4)[C@@H]2Cc2ccc(O)cc23)C1)c1ccccc1. The molecule has 1 amide bonds. The summed E-state index contributed by atoms with van der Waals surface area (Å²) in [5.74, 6) is 1.15. The number of nitrogens with one attached hydrogen (secondary N) is 1. The molecule has 5 nitrogen and oxygen atoms in total. The Morgan fingerprint density at radius 2 is 2.00 bits per heavy atom. The van der Waals surface area contributed by atoms with Crippen LogP contribution in [0.3, 0.4) is 0 Å². The van der Waals surface area contributed by atoms with Crippen LogP contribution >= 0.6 is 0 Å². The van der Waals surface area contributed by atoms with Gasteiger partial charge in [-0.3, -0.25) is 9.69 Å². The average molecular weight is 433 g/mol. The van der Waals surface area contributed by atoms with Gasteiger partial charge >= 0.3 is 0 Å². The third kappa shape index (κ3) is 3.71. The summed E-state index contributed by atoms with van der Waals surface area (Å²) in [5, 5.41) is 13.6. The van der Waals surface area contributed by atoms with Crippen molar-refractivity contribution in [3.63, 3.8) is 0 Å². The Hall–Kier alpha value is -2.37. The highest BCUT2D eigenvalue weighted by molar-refractivity contribution is 5.94. The van der Waals surface area contributed by atoms with Gasteiger partial charge in [-0.2, -0.15) is 0 Å². The second-order valence-electron chi connectivity index (χ2n) is 10.4. The molecule has 6 rings (SSSR count). The van der Waals surface area contributed by atoms with Crippen molar-refractivity contribution in [2.75, 3.05) is 19.7 Å². The van der Waals surface area contributed by atoms with E-state index in [1.54, 1.807) is 0 Å². The van der Waals surface area contributed by atoms with Crippen molar-refractivity contribution in [3.8, 4) is 5.75 Å². The molecule has 2 aromatic rings. The van der Waals surface area contributed by atoms with Crippen molar-refractivity contribution in [1.82, 2.24) is 10.2 Å². The van der Waals surface area contributed by atoms with E-state index in [1.165, 1.54) is 30.5 Å². The summed E-state index contributed by atoms with van der Waals surface area (Å²) in [7, 11) is 0. The number of nitrogens with zero attached hydrogens (tertiary/aromatic N) is 1. The fourth-order valence-electron chi connectivity index (χ4n) is 6.39. The second kappa shape index (κ2) is 7.89. The molecule has 1 saturated carbocycles. The highest BCUT2D eigenvalue weighted by Crippen LogP contribution is 2.49. The van der Waals surface area contributed by atoms with Gasteiger partial charge < -0.3 is 15.2 Å². The fraction of sp³-hybridized carbons (Fsp3) is 0.519. The Morgan fingerprint density at radius 1 is 1.16 bits per heavy atom. The molecule has 3 bridgehead atoms. The first-order chi connectivity index (χ1) is 15.6. The molecular formula is C27H32N2O3. The van der Waals surface area contributed by atoms with E-state index in [-0.39, 0.29) is 23.5 Å². The lowest BCUT2D eigenvalue weighted by molar-refractivity contribution is -0.0122. The van der Waals surface area contributed by atoms with Gasteiger partial charge in [0, 0.05) is 23.6 Å². The summed E-state index contributed by atoms with van der Waals surface area (Å²) in [6.45, 7) is 2.80. The molecule has 5 heteroatoms. The average Bonchev–Trinajstić information content (AvgIpc) is 3.65. The molecule has 2 aliphatic carbocycles. The number of hydrogen-bond donors (Lipinski definition) is 2. The van der Waals surface area contributed by atoms with Crippen molar-refractivity contribution in [1.29, 1.82) is 0 Å². The number of amides is 1. The van der Waals surface area contributed by atoms with Gasteiger partial charge in [-0.25, -0.2) is 0 Å². The van der Waals surface area contributed by atoms with E-state index in [0.29, 0.717) is 24.0 Å². The van der Waals surface area contributed by atoms with Gasteiger partial charge in [0.25, 0.3) is 5.91 Å². The zero-order valence-electron chi connectivity index (χ0n) is 18.5. The van der Waals surface area contributed by atoms with E-state index >= 15 is 0 Å². The maximum absolute atomic E-state index is 12.9. The Kier molecular flexibility index (Phi) is 4.99. The number of fused-ring (bicyclic) bond motifs is 1. The zero-order chi connectivity index (χ0) is 21.7. The Balaban J connectivity index is 1.34. The van der Waals surface area contributed by atoms with Crippen molar-refractivity contribution >= 4 is 5.91 Å². The van der Waals surface area contributed by atoms with Gasteiger partial charge in [-0.1, -0.05) is 24.3 Å². The van der Waals surface area contributed by atoms with E-state index in [0.717, 1.165) is 38.1 Å². The van der Waals surface area contributed by atoms with Crippen LogP contribution < -0.4 is 5.32 Å². The van der Waals surface area contributed by atoms with Crippen LogP contribution in [0.4, 0.5) is 0 Å². The maximum atomic E-state index is 12.9. The van der Waals surface area contributed by atoms with Crippen LogP contribution in [0.5, 0.6) is 5.75 Å². The molecule has 4 atom stereocenters. The molecule has 4 aliphatic rings. The van der Waals surface area contributed by atoms with Crippen LogP contribution in [0.2, 0.25) is 0 Å². The number of likely N-dealkylation sites (tertiary alicyclic amines) is 1. The summed E-state index contributed by atoms with van der Waals surface area (Å²) in [6, 6.07) is 15.7. The Labute approximate surface area is 189 Å². The first kappa shape index (κ1) is 20.3. The van der Waals surface area contributed by atoms with Crippen molar-refractivity contribution < 1.29 is 14.6 Å². The number of phenolic OH excluding ortho intramolecular Hbond substituents is 1. The number of hydrogen-bond acceptors (Lipinski definition) is 4. The predicted molar refractivity (Wildman–Crippen MR) is 123 cm³/mol. The smallest absolute Gasteiger partial charge is 0.251 e. The number of carbonyl (C=O) groups is 1. The Bertz CT molecular complexity index is 1010. The number of ether oxygens (including phenoxy) is 1. The zero-order valence-corrected chi connectivity index (χ0v) is 18.5. The van der Waals surface area contributed by atoms with E-state index in [4.69, 9.17) is 4.74 Å². The van der Waals surface area contributed by atoms with E-state index in [2.05, 4.69) is 16.3 Å². The molecule has 3 fully saturated rings. The molecule has 2 aromatic carbocycles. The number of rotatable bonds is 4. The van der Waals surface area contributed by atoms with Gasteiger partial charge in [-0.15, -0.1) is 0 Å². The molecule has 168 valence electrons. The van der Waals surface area contributed by atoms with Gasteiger partial charge in [0.05, 0.1) is 18.8 Å². The van der Waals surface area contributed by atoms with Crippen LogP contribution in [-0.4, -0.2) is 53.8 Å². The van der Waals surface area contributed by atoms with Crippen molar-refractivity contribution in [2.45, 2.75) is 62.1 Å². The van der Waals surface area contributed by atoms with Gasteiger partial charge in [0.1, 0.15) is 5.75 Å². The number of aromatic hydroxyl groups is 1. The molecule has 2 heterocycles. The summed E-state index contributed by atoms with van der Waals surface area (Å²) in [5.41, 5.74) is 3.22. The summed E-state index contributed by atoms with van der Waals surface area (Å²) in [4.78, 5) is 15.6. The number of phenols is 1. The number of carbonyl (C=O) groups excluding carboxylic acids is 1. The molecule has 0 radical (unpaired) electrons. The minimum atomic E-state index is -0.0864. The van der Waals surface area contributed by atoms with E-state index < -0.39 is 0 Å². The quantitative estimate of drug-likeness (QED) is 0.774. The van der Waals surface area contributed by atoms with Crippen molar-refractivity contribution in [3.05, 3.63) is 65.2 Å².